The molecule has 0 spiro atoms. The largest absolute Gasteiger partial charge is 0.326 e. The Morgan fingerprint density at radius 2 is 1.56 bits per heavy atom. The lowest BCUT2D eigenvalue weighted by atomic mass is 10.0. The van der Waals surface area contributed by atoms with Gasteiger partial charge < -0.3 is 5.73 Å². The van der Waals surface area contributed by atoms with Crippen molar-refractivity contribution in [1.82, 2.24) is 4.90 Å². The summed E-state index contributed by atoms with van der Waals surface area (Å²) in [5, 5.41) is 0. The zero-order chi connectivity index (χ0) is 12.1. The van der Waals surface area contributed by atoms with Gasteiger partial charge in [0.1, 0.15) is 0 Å². The van der Waals surface area contributed by atoms with Crippen molar-refractivity contribution in [2.24, 2.45) is 11.7 Å². The first kappa shape index (κ1) is 13.2. The van der Waals surface area contributed by atoms with Crippen LogP contribution < -0.4 is 5.73 Å². The topological polar surface area (TPSA) is 29.3 Å². The van der Waals surface area contributed by atoms with Crippen LogP contribution in [0.15, 0.2) is 24.3 Å². The summed E-state index contributed by atoms with van der Waals surface area (Å²) in [7, 11) is 2.18. The molecule has 0 aliphatic rings. The van der Waals surface area contributed by atoms with Crippen LogP contribution in [0, 0.1) is 5.92 Å². The molecule has 0 amide bonds. The van der Waals surface area contributed by atoms with E-state index in [9.17, 15) is 0 Å². The smallest absolute Gasteiger partial charge is 0.0233 e. The molecule has 1 aromatic rings. The second kappa shape index (κ2) is 6.02. The van der Waals surface area contributed by atoms with Crippen molar-refractivity contribution >= 4 is 0 Å². The third-order valence-electron chi connectivity index (χ3n) is 3.35. The van der Waals surface area contributed by atoms with Crippen LogP contribution in [-0.4, -0.2) is 18.0 Å². The first-order valence-electron chi connectivity index (χ1n) is 6.02. The Hall–Kier alpha value is -0.860. The van der Waals surface area contributed by atoms with Crippen LogP contribution >= 0.6 is 0 Å². The van der Waals surface area contributed by atoms with E-state index in [0.29, 0.717) is 18.5 Å². The highest BCUT2D eigenvalue weighted by Gasteiger charge is 2.12. The Labute approximate surface area is 99.5 Å². The third kappa shape index (κ3) is 3.62. The average molecular weight is 220 g/mol. The second-order valence-electron chi connectivity index (χ2n) is 4.92. The number of hydrogen-bond acceptors (Lipinski definition) is 2. The highest BCUT2D eigenvalue weighted by atomic mass is 15.1. The number of nitrogens with two attached hydrogens (primary N) is 1. The summed E-state index contributed by atoms with van der Waals surface area (Å²) in [6.45, 7) is 8.43. The minimum atomic E-state index is 0.606. The van der Waals surface area contributed by atoms with Crippen LogP contribution in [0.4, 0.5) is 0 Å². The zero-order valence-electron chi connectivity index (χ0n) is 10.9. The van der Waals surface area contributed by atoms with Crippen molar-refractivity contribution < 1.29 is 0 Å². The van der Waals surface area contributed by atoms with E-state index in [2.05, 4.69) is 57.0 Å². The Kier molecular flexibility index (Phi) is 4.97. The molecule has 0 heterocycles. The Bertz CT molecular complexity index is 303. The lowest BCUT2D eigenvalue weighted by Crippen LogP contribution is -2.32. The van der Waals surface area contributed by atoms with Gasteiger partial charge in [0, 0.05) is 19.1 Å². The molecule has 2 nitrogen and oxygen atoms in total. The summed E-state index contributed by atoms with van der Waals surface area (Å²) in [6.07, 6.45) is 0. The predicted octanol–water partition coefficient (Wildman–Crippen LogP) is 2.62. The molecular formula is C14H24N2. The van der Waals surface area contributed by atoms with Crippen molar-refractivity contribution in [2.45, 2.75) is 39.9 Å². The molecule has 0 bridgehead atoms. The number of rotatable bonds is 5. The molecule has 1 atom stereocenters. The fourth-order valence-electron chi connectivity index (χ4n) is 1.72. The van der Waals surface area contributed by atoms with Gasteiger partial charge in [0.15, 0.2) is 0 Å². The molecule has 2 heteroatoms. The van der Waals surface area contributed by atoms with Crippen molar-refractivity contribution in [2.75, 3.05) is 7.05 Å². The molecule has 0 aromatic heterocycles. The zero-order valence-corrected chi connectivity index (χ0v) is 10.9. The summed E-state index contributed by atoms with van der Waals surface area (Å²) < 4.78 is 0. The molecule has 1 aromatic carbocycles. The van der Waals surface area contributed by atoms with E-state index in [4.69, 9.17) is 5.73 Å². The van der Waals surface area contributed by atoms with Gasteiger partial charge in [-0.3, -0.25) is 4.90 Å². The van der Waals surface area contributed by atoms with Crippen molar-refractivity contribution in [1.29, 1.82) is 0 Å². The average Bonchev–Trinajstić information content (AvgIpc) is 2.28. The fourth-order valence-corrected chi connectivity index (χ4v) is 1.72. The number of nitrogens with zero attached hydrogens (tertiary/aromatic N) is 1. The van der Waals surface area contributed by atoms with Gasteiger partial charge in [-0.15, -0.1) is 0 Å². The van der Waals surface area contributed by atoms with Gasteiger partial charge in [-0.2, -0.15) is 0 Å². The van der Waals surface area contributed by atoms with E-state index in [1.807, 2.05) is 0 Å². The van der Waals surface area contributed by atoms with Gasteiger partial charge in [0.25, 0.3) is 0 Å². The van der Waals surface area contributed by atoms with Gasteiger partial charge in [-0.1, -0.05) is 38.1 Å². The monoisotopic (exact) mass is 220 g/mol. The lowest BCUT2D eigenvalue weighted by Gasteiger charge is -2.27. The van der Waals surface area contributed by atoms with Crippen LogP contribution in [0.1, 0.15) is 31.9 Å². The molecule has 16 heavy (non-hydrogen) atoms. The molecule has 1 rings (SSSR count). The van der Waals surface area contributed by atoms with E-state index in [1.54, 1.807) is 0 Å². The van der Waals surface area contributed by atoms with Gasteiger partial charge in [-0.05, 0) is 31.0 Å². The van der Waals surface area contributed by atoms with Gasteiger partial charge >= 0.3 is 0 Å². The summed E-state index contributed by atoms with van der Waals surface area (Å²) in [5.41, 5.74) is 8.13. The molecule has 0 saturated carbocycles. The maximum Gasteiger partial charge on any atom is 0.0233 e. The molecular weight excluding hydrogens is 196 g/mol. The predicted molar refractivity (Wildman–Crippen MR) is 70.1 cm³/mol. The maximum absolute atomic E-state index is 5.58. The SMILES string of the molecule is CC(C)C(C)N(C)Cc1ccc(CN)cc1. The summed E-state index contributed by atoms with van der Waals surface area (Å²) in [4.78, 5) is 2.39. The van der Waals surface area contributed by atoms with E-state index in [0.717, 1.165) is 6.54 Å². The molecule has 0 aliphatic carbocycles. The second-order valence-corrected chi connectivity index (χ2v) is 4.92. The Morgan fingerprint density at radius 3 is 2.00 bits per heavy atom. The van der Waals surface area contributed by atoms with Crippen LogP contribution in [0.5, 0.6) is 0 Å². The van der Waals surface area contributed by atoms with Crippen LogP contribution in [0.2, 0.25) is 0 Å². The van der Waals surface area contributed by atoms with Crippen LogP contribution in [0.3, 0.4) is 0 Å². The van der Waals surface area contributed by atoms with Crippen molar-refractivity contribution in [3.8, 4) is 0 Å². The van der Waals surface area contributed by atoms with Crippen LogP contribution in [-0.2, 0) is 13.1 Å². The van der Waals surface area contributed by atoms with Crippen LogP contribution in [0.25, 0.3) is 0 Å². The summed E-state index contributed by atoms with van der Waals surface area (Å²) in [5.74, 6) is 0.688. The molecule has 0 aliphatic heterocycles. The molecule has 90 valence electrons. The fraction of sp³-hybridized carbons (Fsp3) is 0.571. The highest BCUT2D eigenvalue weighted by Crippen LogP contribution is 2.12. The normalized spacial score (nSPS) is 13.4. The number of benzene rings is 1. The highest BCUT2D eigenvalue weighted by molar-refractivity contribution is 5.22. The van der Waals surface area contributed by atoms with E-state index < -0.39 is 0 Å². The molecule has 2 N–H and O–H groups in total. The molecule has 0 fully saturated rings. The standard InChI is InChI=1S/C14H24N2/c1-11(2)12(3)16(4)10-14-7-5-13(9-15)6-8-14/h5-8,11-12H,9-10,15H2,1-4H3. The van der Waals surface area contributed by atoms with Crippen molar-refractivity contribution in [3.63, 3.8) is 0 Å². The quantitative estimate of drug-likeness (QED) is 0.826. The first-order valence-corrected chi connectivity index (χ1v) is 6.02. The Morgan fingerprint density at radius 1 is 1.06 bits per heavy atom. The number of hydrogen-bond donors (Lipinski definition) is 1. The minimum Gasteiger partial charge on any atom is -0.326 e. The third-order valence-corrected chi connectivity index (χ3v) is 3.35. The van der Waals surface area contributed by atoms with Gasteiger partial charge in [0.05, 0.1) is 0 Å². The minimum absolute atomic E-state index is 0.606. The molecule has 1 unspecified atom stereocenters. The van der Waals surface area contributed by atoms with Gasteiger partial charge in [0.2, 0.25) is 0 Å². The maximum atomic E-state index is 5.58. The summed E-state index contributed by atoms with van der Waals surface area (Å²) in [6, 6.07) is 9.18. The van der Waals surface area contributed by atoms with E-state index in [1.165, 1.54) is 11.1 Å². The van der Waals surface area contributed by atoms with E-state index >= 15 is 0 Å². The molecule has 0 saturated heterocycles. The molecule has 0 radical (unpaired) electrons. The van der Waals surface area contributed by atoms with Crippen molar-refractivity contribution in [3.05, 3.63) is 35.4 Å². The van der Waals surface area contributed by atoms with E-state index in [-0.39, 0.29) is 0 Å². The lowest BCUT2D eigenvalue weighted by molar-refractivity contribution is 0.200. The van der Waals surface area contributed by atoms with Gasteiger partial charge in [-0.25, -0.2) is 0 Å². The first-order chi connectivity index (χ1) is 7.54. The Balaban J connectivity index is 2.59. The summed E-state index contributed by atoms with van der Waals surface area (Å²) >= 11 is 0.